The van der Waals surface area contributed by atoms with Gasteiger partial charge in [0.1, 0.15) is 11.6 Å². The van der Waals surface area contributed by atoms with E-state index in [9.17, 15) is 9.18 Å². The number of aryl methyl sites for hydroxylation is 1. The fraction of sp³-hybridized carbons (Fsp3) is 0.0417. The molecule has 0 saturated carbocycles. The molecule has 0 unspecified atom stereocenters. The van der Waals surface area contributed by atoms with Gasteiger partial charge in [-0.2, -0.15) is 14.9 Å². The molecule has 0 aliphatic rings. The average Bonchev–Trinajstić information content (AvgIpc) is 3.11. The molecule has 0 radical (unpaired) electrons. The molecule has 3 aromatic carbocycles. The maximum Gasteiger partial charge on any atom is 0.271 e. The minimum atomic E-state index is -0.356. The normalized spacial score (nSPS) is 10.9. The molecule has 4 rings (SSSR count). The SMILES string of the molecule is Cc1nn(-c2ccccc2)c(Oc2ccc(F)cc2)c1/C=N/NC(=O)c1ccccc1. The number of hydrazone groups is 1. The van der Waals surface area contributed by atoms with Crippen LogP contribution in [0.2, 0.25) is 0 Å². The smallest absolute Gasteiger partial charge is 0.271 e. The van der Waals surface area contributed by atoms with E-state index in [2.05, 4.69) is 15.6 Å². The van der Waals surface area contributed by atoms with Gasteiger partial charge in [0.15, 0.2) is 0 Å². The van der Waals surface area contributed by atoms with E-state index in [1.807, 2.05) is 43.3 Å². The Kier molecular flexibility index (Phi) is 5.84. The molecule has 1 heterocycles. The molecular formula is C24H19FN4O2. The van der Waals surface area contributed by atoms with Gasteiger partial charge in [-0.1, -0.05) is 36.4 Å². The highest BCUT2D eigenvalue weighted by Gasteiger charge is 2.18. The average molecular weight is 414 g/mol. The second-order valence-corrected chi connectivity index (χ2v) is 6.67. The van der Waals surface area contributed by atoms with Gasteiger partial charge in [0.05, 0.1) is 23.2 Å². The highest BCUT2D eigenvalue weighted by molar-refractivity contribution is 5.95. The van der Waals surface area contributed by atoms with E-state index in [-0.39, 0.29) is 11.7 Å². The van der Waals surface area contributed by atoms with Crippen LogP contribution in [0.1, 0.15) is 21.6 Å². The maximum atomic E-state index is 13.3. The number of halogens is 1. The maximum absolute atomic E-state index is 13.3. The van der Waals surface area contributed by atoms with Crippen molar-refractivity contribution in [3.05, 3.63) is 108 Å². The van der Waals surface area contributed by atoms with Crippen molar-refractivity contribution < 1.29 is 13.9 Å². The third-order valence-corrected chi connectivity index (χ3v) is 4.49. The van der Waals surface area contributed by atoms with E-state index in [1.54, 1.807) is 28.9 Å². The van der Waals surface area contributed by atoms with Gasteiger partial charge < -0.3 is 4.74 Å². The Hall–Kier alpha value is -4.26. The third kappa shape index (κ3) is 4.67. The quantitative estimate of drug-likeness (QED) is 0.361. The summed E-state index contributed by atoms with van der Waals surface area (Å²) in [5.41, 5.74) is 5.03. The second-order valence-electron chi connectivity index (χ2n) is 6.67. The molecule has 0 spiro atoms. The minimum Gasteiger partial charge on any atom is -0.438 e. The van der Waals surface area contributed by atoms with Crippen LogP contribution in [0.15, 0.2) is 90.0 Å². The summed E-state index contributed by atoms with van der Waals surface area (Å²) in [6.07, 6.45) is 1.49. The van der Waals surface area contributed by atoms with Crippen LogP contribution in [0.5, 0.6) is 11.6 Å². The van der Waals surface area contributed by atoms with E-state index < -0.39 is 0 Å². The van der Waals surface area contributed by atoms with Crippen LogP contribution >= 0.6 is 0 Å². The van der Waals surface area contributed by atoms with Gasteiger partial charge in [0.25, 0.3) is 5.91 Å². The standard InChI is InChI=1S/C24H19FN4O2/c1-17-22(16-26-27-23(30)18-8-4-2-5-9-18)24(31-21-14-12-19(25)13-15-21)29(28-17)20-10-6-3-7-11-20/h2-16H,1H3,(H,27,30)/b26-16+. The van der Waals surface area contributed by atoms with Crippen LogP contribution in [0, 0.1) is 12.7 Å². The Morgan fingerprint density at radius 2 is 1.65 bits per heavy atom. The Morgan fingerprint density at radius 3 is 2.32 bits per heavy atom. The van der Waals surface area contributed by atoms with E-state index in [1.165, 1.54) is 30.5 Å². The fourth-order valence-electron chi connectivity index (χ4n) is 2.93. The number of benzene rings is 3. The Morgan fingerprint density at radius 1 is 1.00 bits per heavy atom. The van der Waals surface area contributed by atoms with Crippen LogP contribution in [0.4, 0.5) is 4.39 Å². The van der Waals surface area contributed by atoms with Crippen molar-refractivity contribution in [2.45, 2.75) is 6.92 Å². The molecule has 7 heteroatoms. The zero-order valence-electron chi connectivity index (χ0n) is 16.7. The minimum absolute atomic E-state index is 0.328. The lowest BCUT2D eigenvalue weighted by Crippen LogP contribution is -2.17. The Bertz CT molecular complexity index is 1200. The van der Waals surface area contributed by atoms with Gasteiger partial charge in [0, 0.05) is 5.56 Å². The number of ether oxygens (including phenoxy) is 1. The predicted molar refractivity (Wildman–Crippen MR) is 116 cm³/mol. The highest BCUT2D eigenvalue weighted by Crippen LogP contribution is 2.29. The number of aromatic nitrogens is 2. The van der Waals surface area contributed by atoms with Crippen LogP contribution in [0.25, 0.3) is 5.69 Å². The van der Waals surface area contributed by atoms with Crippen molar-refractivity contribution in [2.24, 2.45) is 5.10 Å². The highest BCUT2D eigenvalue weighted by atomic mass is 19.1. The summed E-state index contributed by atoms with van der Waals surface area (Å²) in [5, 5.41) is 8.65. The molecule has 0 saturated heterocycles. The molecule has 6 nitrogen and oxygen atoms in total. The van der Waals surface area contributed by atoms with Crippen LogP contribution in [-0.2, 0) is 0 Å². The molecule has 0 aliphatic heterocycles. The zero-order chi connectivity index (χ0) is 21.6. The number of carbonyl (C=O) groups excluding carboxylic acids is 1. The molecule has 154 valence electrons. The molecule has 1 N–H and O–H groups in total. The van der Waals surface area contributed by atoms with Gasteiger partial charge in [0.2, 0.25) is 5.88 Å². The molecule has 31 heavy (non-hydrogen) atoms. The molecule has 1 amide bonds. The van der Waals surface area contributed by atoms with E-state index in [0.29, 0.717) is 28.5 Å². The van der Waals surface area contributed by atoms with Crippen molar-refractivity contribution in [3.8, 4) is 17.3 Å². The second kappa shape index (κ2) is 9.04. The number of hydrogen-bond acceptors (Lipinski definition) is 4. The van der Waals surface area contributed by atoms with Gasteiger partial charge in [-0.15, -0.1) is 0 Å². The lowest BCUT2D eigenvalue weighted by Gasteiger charge is -2.10. The van der Waals surface area contributed by atoms with Crippen molar-refractivity contribution in [1.82, 2.24) is 15.2 Å². The number of nitrogens with zero attached hydrogens (tertiary/aromatic N) is 3. The van der Waals surface area contributed by atoms with Gasteiger partial charge in [-0.3, -0.25) is 4.79 Å². The summed E-state index contributed by atoms with van der Waals surface area (Å²) in [6, 6.07) is 24.0. The number of rotatable bonds is 6. The van der Waals surface area contributed by atoms with Gasteiger partial charge >= 0.3 is 0 Å². The lowest BCUT2D eigenvalue weighted by molar-refractivity contribution is 0.0955. The summed E-state index contributed by atoms with van der Waals surface area (Å²) in [5.74, 6) is 0.158. The summed E-state index contributed by atoms with van der Waals surface area (Å²) >= 11 is 0. The first kappa shape index (κ1) is 20.0. The molecule has 0 fully saturated rings. The first-order valence-corrected chi connectivity index (χ1v) is 9.59. The number of carbonyl (C=O) groups is 1. The van der Waals surface area contributed by atoms with Crippen molar-refractivity contribution >= 4 is 12.1 Å². The van der Waals surface area contributed by atoms with Crippen molar-refractivity contribution in [2.75, 3.05) is 0 Å². The predicted octanol–water partition coefficient (Wildman–Crippen LogP) is 4.88. The Balaban J connectivity index is 1.66. The summed E-state index contributed by atoms with van der Waals surface area (Å²) < 4.78 is 21.0. The number of para-hydroxylation sites is 1. The number of amides is 1. The van der Waals surface area contributed by atoms with E-state index in [4.69, 9.17) is 4.74 Å². The summed E-state index contributed by atoms with van der Waals surface area (Å²) in [6.45, 7) is 1.82. The summed E-state index contributed by atoms with van der Waals surface area (Å²) in [4.78, 5) is 12.2. The fourth-order valence-corrected chi connectivity index (χ4v) is 2.93. The summed E-state index contributed by atoms with van der Waals surface area (Å²) in [7, 11) is 0. The molecule has 0 aliphatic carbocycles. The van der Waals surface area contributed by atoms with Gasteiger partial charge in [-0.25, -0.2) is 9.82 Å². The third-order valence-electron chi connectivity index (χ3n) is 4.49. The monoisotopic (exact) mass is 414 g/mol. The molecule has 0 atom stereocenters. The molecule has 0 bridgehead atoms. The zero-order valence-corrected chi connectivity index (χ0v) is 16.7. The van der Waals surface area contributed by atoms with Crippen LogP contribution in [-0.4, -0.2) is 21.9 Å². The molecule has 1 aromatic heterocycles. The topological polar surface area (TPSA) is 68.5 Å². The van der Waals surface area contributed by atoms with Gasteiger partial charge in [-0.05, 0) is 55.5 Å². The van der Waals surface area contributed by atoms with Crippen LogP contribution in [0.3, 0.4) is 0 Å². The largest absolute Gasteiger partial charge is 0.438 e. The number of hydrogen-bond donors (Lipinski definition) is 1. The number of nitrogens with one attached hydrogen (secondary N) is 1. The van der Waals surface area contributed by atoms with Crippen molar-refractivity contribution in [1.29, 1.82) is 0 Å². The molecule has 4 aromatic rings. The Labute approximate surface area is 178 Å². The van der Waals surface area contributed by atoms with E-state index in [0.717, 1.165) is 5.69 Å². The first-order chi connectivity index (χ1) is 15.1. The molecular weight excluding hydrogens is 395 g/mol. The van der Waals surface area contributed by atoms with E-state index >= 15 is 0 Å². The van der Waals surface area contributed by atoms with Crippen LogP contribution < -0.4 is 10.2 Å². The lowest BCUT2D eigenvalue weighted by atomic mass is 10.2. The van der Waals surface area contributed by atoms with Crippen molar-refractivity contribution in [3.63, 3.8) is 0 Å². The first-order valence-electron chi connectivity index (χ1n) is 9.59.